The number of thioether (sulfide) groups is 1. The molecule has 0 aliphatic heterocycles. The second kappa shape index (κ2) is 8.48. The molecule has 0 rings (SSSR count). The fraction of sp³-hybridized carbons (Fsp3) is 0.556. The molecule has 0 saturated carbocycles. The molecule has 9 heteroatoms. The molecule has 0 aliphatic carbocycles. The number of carbonyl (C=O) groups excluding carboxylic acids is 2. The summed E-state index contributed by atoms with van der Waals surface area (Å²) in [6, 6.07) is -1.14. The fourth-order valence-corrected chi connectivity index (χ4v) is 1.70. The van der Waals surface area contributed by atoms with Crippen LogP contribution < -0.4 is 10.6 Å². The zero-order valence-corrected chi connectivity index (χ0v) is 10.5. The van der Waals surface area contributed by atoms with Crippen molar-refractivity contribution in [3.05, 3.63) is 0 Å². The number of carbonyl (C=O) groups is 4. The van der Waals surface area contributed by atoms with E-state index in [1.54, 1.807) is 0 Å². The van der Waals surface area contributed by atoms with Crippen LogP contribution in [0.3, 0.4) is 0 Å². The molecule has 102 valence electrons. The molecular weight excluding hydrogens is 264 g/mol. The summed E-state index contributed by atoms with van der Waals surface area (Å²) >= 11 is 0.717. The average molecular weight is 278 g/mol. The van der Waals surface area contributed by atoms with Gasteiger partial charge in [-0.25, -0.2) is 4.79 Å². The second-order valence-electron chi connectivity index (χ2n) is 3.27. The van der Waals surface area contributed by atoms with Gasteiger partial charge >= 0.3 is 11.9 Å². The number of rotatable bonds is 8. The van der Waals surface area contributed by atoms with Gasteiger partial charge in [0, 0.05) is 12.7 Å². The first-order chi connectivity index (χ1) is 8.32. The van der Waals surface area contributed by atoms with Gasteiger partial charge in [-0.3, -0.25) is 19.7 Å². The molecule has 1 amide bonds. The van der Waals surface area contributed by atoms with Crippen LogP contribution in [0.2, 0.25) is 0 Å². The third-order valence-electron chi connectivity index (χ3n) is 1.63. The summed E-state index contributed by atoms with van der Waals surface area (Å²) in [7, 11) is 0. The molecule has 18 heavy (non-hydrogen) atoms. The number of aliphatic carboxylic acids is 2. The minimum absolute atomic E-state index is 0.109. The highest BCUT2D eigenvalue weighted by Crippen LogP contribution is 2.04. The van der Waals surface area contributed by atoms with Crippen molar-refractivity contribution in [1.29, 1.82) is 0 Å². The molecule has 8 nitrogen and oxygen atoms in total. The van der Waals surface area contributed by atoms with Crippen LogP contribution in [-0.2, 0) is 19.2 Å². The van der Waals surface area contributed by atoms with Crippen LogP contribution in [0.4, 0.5) is 0 Å². The summed E-state index contributed by atoms with van der Waals surface area (Å²) in [6.07, 6.45) is 0. The van der Waals surface area contributed by atoms with Gasteiger partial charge in [0.05, 0.1) is 13.1 Å². The van der Waals surface area contributed by atoms with Gasteiger partial charge in [0.25, 0.3) is 0 Å². The van der Waals surface area contributed by atoms with E-state index in [1.807, 2.05) is 0 Å². The molecule has 0 radical (unpaired) electrons. The molecule has 1 atom stereocenters. The molecule has 0 heterocycles. The van der Waals surface area contributed by atoms with Crippen LogP contribution in [0.15, 0.2) is 0 Å². The Morgan fingerprint density at radius 3 is 2.22 bits per heavy atom. The quantitative estimate of drug-likeness (QED) is 0.422. The van der Waals surface area contributed by atoms with Gasteiger partial charge < -0.3 is 15.5 Å². The lowest BCUT2D eigenvalue weighted by molar-refractivity contribution is -0.140. The molecule has 0 aliphatic rings. The summed E-state index contributed by atoms with van der Waals surface area (Å²) in [5.74, 6) is -2.93. The first kappa shape index (κ1) is 16.4. The topological polar surface area (TPSA) is 133 Å². The van der Waals surface area contributed by atoms with E-state index in [9.17, 15) is 19.2 Å². The monoisotopic (exact) mass is 278 g/mol. The average Bonchev–Trinajstić information content (AvgIpc) is 2.22. The minimum atomic E-state index is -1.23. The SMILES string of the molecule is CC(=O)N[C@@H](CSC(=O)CNCC(=O)O)C(=O)O. The second-order valence-corrected chi connectivity index (χ2v) is 4.35. The Balaban J connectivity index is 3.96. The highest BCUT2D eigenvalue weighted by Gasteiger charge is 2.19. The smallest absolute Gasteiger partial charge is 0.327 e. The summed E-state index contributed by atoms with van der Waals surface area (Å²) < 4.78 is 0. The Morgan fingerprint density at radius 2 is 1.78 bits per heavy atom. The fourth-order valence-electron chi connectivity index (χ4n) is 0.919. The van der Waals surface area contributed by atoms with E-state index in [-0.39, 0.29) is 18.8 Å². The highest BCUT2D eigenvalue weighted by atomic mass is 32.2. The number of hydrogen-bond donors (Lipinski definition) is 4. The largest absolute Gasteiger partial charge is 0.480 e. The zero-order chi connectivity index (χ0) is 14.1. The van der Waals surface area contributed by atoms with E-state index >= 15 is 0 Å². The van der Waals surface area contributed by atoms with Gasteiger partial charge in [-0.2, -0.15) is 0 Å². The van der Waals surface area contributed by atoms with Crippen molar-refractivity contribution < 1.29 is 29.4 Å². The van der Waals surface area contributed by atoms with Crippen molar-refractivity contribution in [1.82, 2.24) is 10.6 Å². The van der Waals surface area contributed by atoms with E-state index in [2.05, 4.69) is 10.6 Å². The van der Waals surface area contributed by atoms with Crippen molar-refractivity contribution >= 4 is 34.7 Å². The van der Waals surface area contributed by atoms with Gasteiger partial charge in [0.2, 0.25) is 11.0 Å². The molecular formula is C9H14N2O6S. The van der Waals surface area contributed by atoms with Crippen LogP contribution >= 0.6 is 11.8 Å². The lowest BCUT2D eigenvalue weighted by Crippen LogP contribution is -2.42. The summed E-state index contributed by atoms with van der Waals surface area (Å²) in [5, 5.41) is 21.2. The number of nitrogens with one attached hydrogen (secondary N) is 2. The van der Waals surface area contributed by atoms with Crippen molar-refractivity contribution in [3.63, 3.8) is 0 Å². The van der Waals surface area contributed by atoms with Crippen LogP contribution in [0, 0.1) is 0 Å². The van der Waals surface area contributed by atoms with E-state index in [0.717, 1.165) is 0 Å². The summed E-state index contributed by atoms with van der Waals surface area (Å²) in [4.78, 5) is 42.8. The predicted molar refractivity (Wildman–Crippen MR) is 63.2 cm³/mol. The molecule has 0 unspecified atom stereocenters. The highest BCUT2D eigenvalue weighted by molar-refractivity contribution is 8.13. The number of carboxylic acid groups (broad SMARTS) is 2. The summed E-state index contributed by atoms with van der Waals surface area (Å²) in [6.45, 7) is 0.653. The van der Waals surface area contributed by atoms with Crippen molar-refractivity contribution in [2.24, 2.45) is 0 Å². The normalized spacial score (nSPS) is 11.6. The number of hydrogen-bond acceptors (Lipinski definition) is 6. The molecule has 0 bridgehead atoms. The molecule has 0 aromatic carbocycles. The van der Waals surface area contributed by atoms with Crippen molar-refractivity contribution in [2.45, 2.75) is 13.0 Å². The number of amides is 1. The van der Waals surface area contributed by atoms with E-state index in [0.29, 0.717) is 11.8 Å². The molecule has 0 aromatic rings. The lowest BCUT2D eigenvalue weighted by Gasteiger charge is -2.11. The predicted octanol–water partition coefficient (Wildman–Crippen LogP) is -1.49. The number of carboxylic acids is 2. The van der Waals surface area contributed by atoms with Crippen LogP contribution in [-0.4, -0.2) is 58.1 Å². The Labute approximate surface area is 107 Å². The molecule has 4 N–H and O–H groups in total. The summed E-state index contributed by atoms with van der Waals surface area (Å²) in [5.41, 5.74) is 0. The molecule has 0 spiro atoms. The van der Waals surface area contributed by atoms with Crippen LogP contribution in [0.5, 0.6) is 0 Å². The van der Waals surface area contributed by atoms with Gasteiger partial charge in [-0.15, -0.1) is 0 Å². The van der Waals surface area contributed by atoms with E-state index < -0.39 is 29.0 Å². The third-order valence-corrected chi connectivity index (χ3v) is 2.60. The molecule has 0 saturated heterocycles. The maximum absolute atomic E-state index is 11.2. The van der Waals surface area contributed by atoms with Crippen molar-refractivity contribution in [2.75, 3.05) is 18.8 Å². The maximum Gasteiger partial charge on any atom is 0.327 e. The Hall–Kier alpha value is -1.61. The Bertz CT molecular complexity index is 346. The van der Waals surface area contributed by atoms with Crippen LogP contribution in [0.1, 0.15) is 6.92 Å². The first-order valence-electron chi connectivity index (χ1n) is 4.91. The standard InChI is InChI=1S/C9H14N2O6S/c1-5(12)11-6(9(16)17)4-18-8(15)3-10-2-7(13)14/h6,10H,2-4H2,1H3,(H,11,12)(H,13,14)(H,16,17)/t6-/m0/s1. The third kappa shape index (κ3) is 8.53. The Morgan fingerprint density at radius 1 is 1.17 bits per heavy atom. The zero-order valence-electron chi connectivity index (χ0n) is 9.63. The molecule has 0 fully saturated rings. The maximum atomic E-state index is 11.2. The van der Waals surface area contributed by atoms with E-state index in [1.165, 1.54) is 6.92 Å². The molecule has 0 aromatic heterocycles. The van der Waals surface area contributed by atoms with Crippen LogP contribution in [0.25, 0.3) is 0 Å². The van der Waals surface area contributed by atoms with Gasteiger partial charge in [-0.05, 0) is 0 Å². The Kier molecular flexibility index (Phi) is 7.72. The van der Waals surface area contributed by atoms with Gasteiger partial charge in [0.1, 0.15) is 6.04 Å². The van der Waals surface area contributed by atoms with Gasteiger partial charge in [-0.1, -0.05) is 11.8 Å². The lowest BCUT2D eigenvalue weighted by atomic mass is 10.3. The van der Waals surface area contributed by atoms with Crippen molar-refractivity contribution in [3.8, 4) is 0 Å². The first-order valence-corrected chi connectivity index (χ1v) is 5.89. The minimum Gasteiger partial charge on any atom is -0.480 e. The van der Waals surface area contributed by atoms with E-state index in [4.69, 9.17) is 10.2 Å². The van der Waals surface area contributed by atoms with Gasteiger partial charge in [0.15, 0.2) is 0 Å².